The average molecular weight is 313 g/mol. The Morgan fingerprint density at radius 2 is 1.78 bits per heavy atom. The summed E-state index contributed by atoms with van der Waals surface area (Å²) >= 11 is 0. The molecule has 1 aromatic rings. The van der Waals surface area contributed by atoms with Crippen LogP contribution in [0.15, 0.2) is 24.3 Å². The molecular weight excluding hydrogens is 286 g/mol. The Balaban J connectivity index is 1.49. The van der Waals surface area contributed by atoms with Crippen molar-refractivity contribution >= 4 is 5.91 Å². The van der Waals surface area contributed by atoms with Crippen LogP contribution in [-0.4, -0.2) is 19.1 Å². The number of carbonyl (C=O) groups is 1. The van der Waals surface area contributed by atoms with Crippen molar-refractivity contribution in [2.24, 2.45) is 23.2 Å². The van der Waals surface area contributed by atoms with E-state index in [-0.39, 0.29) is 11.9 Å². The van der Waals surface area contributed by atoms with Gasteiger partial charge in [0.25, 0.3) is 5.91 Å². The zero-order chi connectivity index (χ0) is 16.0. The fourth-order valence-electron chi connectivity index (χ4n) is 5.91. The Labute approximate surface area is 138 Å². The van der Waals surface area contributed by atoms with Gasteiger partial charge in [0.1, 0.15) is 5.75 Å². The van der Waals surface area contributed by atoms with Crippen molar-refractivity contribution in [3.8, 4) is 5.75 Å². The summed E-state index contributed by atoms with van der Waals surface area (Å²) in [6, 6.07) is 7.70. The molecule has 1 N–H and O–H groups in total. The second-order valence-electron chi connectivity index (χ2n) is 8.21. The van der Waals surface area contributed by atoms with Gasteiger partial charge < -0.3 is 10.1 Å². The molecule has 0 saturated heterocycles. The van der Waals surface area contributed by atoms with Crippen LogP contribution in [0.5, 0.6) is 5.75 Å². The third-order valence-corrected chi connectivity index (χ3v) is 6.68. The van der Waals surface area contributed by atoms with Gasteiger partial charge in [-0.05, 0) is 86.8 Å². The molecule has 4 aliphatic rings. The van der Waals surface area contributed by atoms with Crippen LogP contribution in [0.3, 0.4) is 0 Å². The zero-order valence-electron chi connectivity index (χ0n) is 14.2. The summed E-state index contributed by atoms with van der Waals surface area (Å²) in [5.74, 6) is 3.51. The van der Waals surface area contributed by atoms with Crippen LogP contribution in [0.1, 0.15) is 55.8 Å². The number of hydrogen-bond acceptors (Lipinski definition) is 2. The second-order valence-corrected chi connectivity index (χ2v) is 8.21. The van der Waals surface area contributed by atoms with E-state index in [1.54, 1.807) is 7.11 Å². The van der Waals surface area contributed by atoms with E-state index in [0.717, 1.165) is 23.5 Å². The van der Waals surface area contributed by atoms with Crippen LogP contribution in [0.2, 0.25) is 0 Å². The summed E-state index contributed by atoms with van der Waals surface area (Å²) in [6.07, 6.45) is 8.27. The number of nitrogens with one attached hydrogen (secondary N) is 1. The van der Waals surface area contributed by atoms with E-state index in [9.17, 15) is 4.79 Å². The highest BCUT2D eigenvalue weighted by molar-refractivity contribution is 5.94. The molecule has 5 rings (SSSR count). The Morgan fingerprint density at radius 3 is 2.35 bits per heavy atom. The van der Waals surface area contributed by atoms with Gasteiger partial charge in [0.05, 0.1) is 7.11 Å². The SMILES string of the molecule is COc1cccc(C(=O)N[C@@H](C)C23CC4CC(CC(C4)C2)C3)c1. The monoisotopic (exact) mass is 313 g/mol. The lowest BCUT2D eigenvalue weighted by molar-refractivity contribution is -0.0688. The number of methoxy groups -OCH3 is 1. The van der Waals surface area contributed by atoms with Crippen LogP contribution in [0.4, 0.5) is 0 Å². The average Bonchev–Trinajstić information content (AvgIpc) is 2.53. The molecule has 124 valence electrons. The molecule has 4 fully saturated rings. The lowest BCUT2D eigenvalue weighted by Crippen LogP contribution is -2.55. The number of rotatable bonds is 4. The quantitative estimate of drug-likeness (QED) is 0.911. The molecule has 3 heteroatoms. The minimum atomic E-state index is 0.0344. The standard InChI is InChI=1S/C20H27NO2/c1-13(21-19(22)17-4-3-5-18(9-17)23-2)20-10-14-6-15(11-20)8-16(7-14)12-20/h3-5,9,13-16H,6-8,10-12H2,1-2H3,(H,21,22)/t13-,14?,15?,16?,20?/m0/s1. The molecular formula is C20H27NO2. The second kappa shape index (κ2) is 5.54. The highest BCUT2D eigenvalue weighted by atomic mass is 16.5. The molecule has 1 aromatic carbocycles. The first-order chi connectivity index (χ1) is 11.1. The smallest absolute Gasteiger partial charge is 0.251 e. The van der Waals surface area contributed by atoms with Gasteiger partial charge in [-0.15, -0.1) is 0 Å². The predicted octanol–water partition coefficient (Wildman–Crippen LogP) is 4.03. The molecule has 0 aliphatic heterocycles. The third kappa shape index (κ3) is 2.64. The molecule has 4 aliphatic carbocycles. The largest absolute Gasteiger partial charge is 0.497 e. The van der Waals surface area contributed by atoms with E-state index < -0.39 is 0 Å². The van der Waals surface area contributed by atoms with Crippen molar-refractivity contribution in [1.29, 1.82) is 0 Å². The summed E-state index contributed by atoms with van der Waals surface area (Å²) in [6.45, 7) is 2.23. The van der Waals surface area contributed by atoms with Gasteiger partial charge in [0.15, 0.2) is 0 Å². The Morgan fingerprint density at radius 1 is 1.17 bits per heavy atom. The molecule has 0 radical (unpaired) electrons. The molecule has 0 spiro atoms. The number of benzene rings is 1. The minimum Gasteiger partial charge on any atom is -0.497 e. The normalized spacial score (nSPS) is 35.8. The number of ether oxygens (including phenoxy) is 1. The lowest BCUT2D eigenvalue weighted by atomic mass is 9.48. The van der Waals surface area contributed by atoms with Crippen molar-refractivity contribution in [2.45, 2.75) is 51.5 Å². The van der Waals surface area contributed by atoms with E-state index in [2.05, 4.69) is 12.2 Å². The van der Waals surface area contributed by atoms with Gasteiger partial charge >= 0.3 is 0 Å². The topological polar surface area (TPSA) is 38.3 Å². The molecule has 4 bridgehead atoms. The van der Waals surface area contributed by atoms with Crippen molar-refractivity contribution in [3.63, 3.8) is 0 Å². The maximum atomic E-state index is 12.6. The third-order valence-electron chi connectivity index (χ3n) is 6.68. The zero-order valence-corrected chi connectivity index (χ0v) is 14.2. The fourth-order valence-corrected chi connectivity index (χ4v) is 5.91. The number of carbonyl (C=O) groups excluding carboxylic acids is 1. The summed E-state index contributed by atoms with van der Waals surface area (Å²) < 4.78 is 5.23. The van der Waals surface area contributed by atoms with Gasteiger partial charge in [-0.3, -0.25) is 4.79 Å². The molecule has 1 amide bonds. The maximum absolute atomic E-state index is 12.6. The van der Waals surface area contributed by atoms with Gasteiger partial charge in [0.2, 0.25) is 0 Å². The first-order valence-electron chi connectivity index (χ1n) is 9.03. The van der Waals surface area contributed by atoms with Crippen molar-refractivity contribution < 1.29 is 9.53 Å². The van der Waals surface area contributed by atoms with Crippen molar-refractivity contribution in [1.82, 2.24) is 5.32 Å². The lowest BCUT2D eigenvalue weighted by Gasteiger charge is -2.59. The fraction of sp³-hybridized carbons (Fsp3) is 0.650. The van der Waals surface area contributed by atoms with E-state index >= 15 is 0 Å². The van der Waals surface area contributed by atoms with Gasteiger partial charge in [-0.2, -0.15) is 0 Å². The van der Waals surface area contributed by atoms with Crippen LogP contribution in [0.25, 0.3) is 0 Å². The molecule has 0 aromatic heterocycles. The molecule has 4 saturated carbocycles. The van der Waals surface area contributed by atoms with Crippen molar-refractivity contribution in [3.05, 3.63) is 29.8 Å². The van der Waals surface area contributed by atoms with Gasteiger partial charge in [0, 0.05) is 11.6 Å². The summed E-state index contributed by atoms with van der Waals surface area (Å²) in [7, 11) is 1.63. The Kier molecular flexibility index (Phi) is 3.62. The molecule has 0 unspecified atom stereocenters. The van der Waals surface area contributed by atoms with Gasteiger partial charge in [-0.25, -0.2) is 0 Å². The Bertz CT molecular complexity index is 574. The van der Waals surface area contributed by atoms with Gasteiger partial charge in [-0.1, -0.05) is 6.07 Å². The predicted molar refractivity (Wildman–Crippen MR) is 90.5 cm³/mol. The number of amides is 1. The van der Waals surface area contributed by atoms with E-state index in [4.69, 9.17) is 4.74 Å². The summed E-state index contributed by atoms with van der Waals surface area (Å²) in [5.41, 5.74) is 1.05. The first kappa shape index (κ1) is 15.0. The van der Waals surface area contributed by atoms with Crippen LogP contribution in [0, 0.1) is 23.2 Å². The van der Waals surface area contributed by atoms with Crippen molar-refractivity contribution in [2.75, 3.05) is 7.11 Å². The molecule has 0 heterocycles. The van der Waals surface area contributed by atoms with E-state index in [1.807, 2.05) is 24.3 Å². The number of hydrogen-bond donors (Lipinski definition) is 1. The van der Waals surface area contributed by atoms with Crippen LogP contribution >= 0.6 is 0 Å². The maximum Gasteiger partial charge on any atom is 0.251 e. The minimum absolute atomic E-state index is 0.0344. The highest BCUT2D eigenvalue weighted by Crippen LogP contribution is 2.61. The molecule has 3 nitrogen and oxygen atoms in total. The van der Waals surface area contributed by atoms with E-state index in [1.165, 1.54) is 38.5 Å². The highest BCUT2D eigenvalue weighted by Gasteiger charge is 2.53. The van der Waals surface area contributed by atoms with Crippen LogP contribution < -0.4 is 10.1 Å². The molecule has 1 atom stereocenters. The first-order valence-corrected chi connectivity index (χ1v) is 9.03. The van der Waals surface area contributed by atoms with Crippen LogP contribution in [-0.2, 0) is 0 Å². The Hall–Kier alpha value is -1.51. The summed E-state index contributed by atoms with van der Waals surface area (Å²) in [4.78, 5) is 12.6. The summed E-state index contributed by atoms with van der Waals surface area (Å²) in [5, 5.41) is 3.31. The molecule has 23 heavy (non-hydrogen) atoms. The van der Waals surface area contributed by atoms with E-state index in [0.29, 0.717) is 11.0 Å².